The normalized spacial score (nSPS) is 23.4. The number of anilines is 1. The molecule has 0 bridgehead atoms. The molecular weight excluding hydrogens is 208 g/mol. The SMILES string of the molecule is COc1nc(NC2CC(C)C2)nc(OC)n1. The van der Waals surface area contributed by atoms with Gasteiger partial charge in [0.25, 0.3) is 0 Å². The molecule has 0 spiro atoms. The van der Waals surface area contributed by atoms with Crippen molar-refractivity contribution in [2.24, 2.45) is 5.92 Å². The first kappa shape index (κ1) is 10.9. The first-order valence-corrected chi connectivity index (χ1v) is 5.32. The highest BCUT2D eigenvalue weighted by Gasteiger charge is 2.26. The minimum atomic E-state index is 0.265. The van der Waals surface area contributed by atoms with Gasteiger partial charge in [0.2, 0.25) is 5.95 Å². The summed E-state index contributed by atoms with van der Waals surface area (Å²) in [5, 5.41) is 3.24. The molecule has 1 saturated carbocycles. The summed E-state index contributed by atoms with van der Waals surface area (Å²) < 4.78 is 9.94. The highest BCUT2D eigenvalue weighted by molar-refractivity contribution is 5.29. The van der Waals surface area contributed by atoms with Gasteiger partial charge in [0.1, 0.15) is 0 Å². The zero-order valence-electron chi connectivity index (χ0n) is 9.73. The van der Waals surface area contributed by atoms with Crippen LogP contribution in [0.2, 0.25) is 0 Å². The summed E-state index contributed by atoms with van der Waals surface area (Å²) in [5.41, 5.74) is 0. The Balaban J connectivity index is 2.07. The second kappa shape index (κ2) is 4.51. The number of ether oxygens (including phenoxy) is 2. The van der Waals surface area contributed by atoms with Gasteiger partial charge in [-0.05, 0) is 18.8 Å². The lowest BCUT2D eigenvalue weighted by molar-refractivity contribution is 0.305. The van der Waals surface area contributed by atoms with E-state index in [1.165, 1.54) is 14.2 Å². The number of hydrogen-bond acceptors (Lipinski definition) is 6. The maximum Gasteiger partial charge on any atom is 0.324 e. The fraction of sp³-hybridized carbons (Fsp3) is 0.700. The summed E-state index contributed by atoms with van der Waals surface area (Å²) in [6, 6.07) is 0.982. The summed E-state index contributed by atoms with van der Waals surface area (Å²) in [7, 11) is 3.04. The van der Waals surface area contributed by atoms with Crippen LogP contribution < -0.4 is 14.8 Å². The number of hydrogen-bond donors (Lipinski definition) is 1. The highest BCUT2D eigenvalue weighted by Crippen LogP contribution is 2.28. The molecule has 1 aliphatic rings. The van der Waals surface area contributed by atoms with Gasteiger partial charge in [-0.25, -0.2) is 0 Å². The Morgan fingerprint density at radius 2 is 1.62 bits per heavy atom. The number of aromatic nitrogens is 3. The fourth-order valence-electron chi connectivity index (χ4n) is 1.79. The Kier molecular flexibility index (Phi) is 3.07. The minimum Gasteiger partial charge on any atom is -0.467 e. The Hall–Kier alpha value is -1.59. The summed E-state index contributed by atoms with van der Waals surface area (Å²) in [6.45, 7) is 2.23. The van der Waals surface area contributed by atoms with Crippen molar-refractivity contribution in [2.45, 2.75) is 25.8 Å². The monoisotopic (exact) mass is 224 g/mol. The van der Waals surface area contributed by atoms with Crippen LogP contribution in [0.15, 0.2) is 0 Å². The van der Waals surface area contributed by atoms with Crippen molar-refractivity contribution in [1.82, 2.24) is 15.0 Å². The van der Waals surface area contributed by atoms with E-state index in [9.17, 15) is 0 Å². The molecule has 1 aromatic heterocycles. The van der Waals surface area contributed by atoms with Gasteiger partial charge in [0.05, 0.1) is 14.2 Å². The van der Waals surface area contributed by atoms with Crippen LogP contribution >= 0.6 is 0 Å². The summed E-state index contributed by atoms with van der Waals surface area (Å²) in [5.74, 6) is 1.30. The Bertz CT molecular complexity index is 344. The van der Waals surface area contributed by atoms with E-state index in [4.69, 9.17) is 9.47 Å². The number of rotatable bonds is 4. The van der Waals surface area contributed by atoms with E-state index in [2.05, 4.69) is 27.2 Å². The third-order valence-electron chi connectivity index (χ3n) is 2.67. The topological polar surface area (TPSA) is 69.2 Å². The number of nitrogens with one attached hydrogen (secondary N) is 1. The van der Waals surface area contributed by atoms with Crippen LogP contribution in [-0.2, 0) is 0 Å². The first-order valence-electron chi connectivity index (χ1n) is 5.32. The molecular formula is C10H16N4O2. The van der Waals surface area contributed by atoms with Gasteiger partial charge in [-0.2, -0.15) is 9.97 Å². The molecule has 0 atom stereocenters. The van der Waals surface area contributed by atoms with Gasteiger partial charge in [0, 0.05) is 6.04 Å². The lowest BCUT2D eigenvalue weighted by atomic mass is 9.82. The van der Waals surface area contributed by atoms with Gasteiger partial charge < -0.3 is 14.8 Å². The minimum absolute atomic E-state index is 0.265. The molecule has 16 heavy (non-hydrogen) atoms. The number of methoxy groups -OCH3 is 2. The van der Waals surface area contributed by atoms with E-state index in [0.717, 1.165) is 18.8 Å². The third kappa shape index (κ3) is 2.32. The molecule has 1 heterocycles. The van der Waals surface area contributed by atoms with Crippen LogP contribution in [0.1, 0.15) is 19.8 Å². The van der Waals surface area contributed by atoms with E-state index in [0.29, 0.717) is 12.0 Å². The summed E-state index contributed by atoms with van der Waals surface area (Å²) >= 11 is 0. The van der Waals surface area contributed by atoms with Crippen LogP contribution in [0.3, 0.4) is 0 Å². The van der Waals surface area contributed by atoms with E-state index < -0.39 is 0 Å². The zero-order valence-corrected chi connectivity index (χ0v) is 9.73. The van der Waals surface area contributed by atoms with Crippen LogP contribution in [0.25, 0.3) is 0 Å². The predicted octanol–water partition coefficient (Wildman–Crippen LogP) is 1.10. The van der Waals surface area contributed by atoms with Crippen LogP contribution in [0.4, 0.5) is 5.95 Å². The Morgan fingerprint density at radius 3 is 2.06 bits per heavy atom. The van der Waals surface area contributed by atoms with Crippen molar-refractivity contribution < 1.29 is 9.47 Å². The van der Waals surface area contributed by atoms with Gasteiger partial charge in [-0.1, -0.05) is 6.92 Å². The Labute approximate surface area is 94.4 Å². The van der Waals surface area contributed by atoms with Crippen molar-refractivity contribution in [1.29, 1.82) is 0 Å². The largest absolute Gasteiger partial charge is 0.467 e. The molecule has 1 aromatic rings. The van der Waals surface area contributed by atoms with E-state index in [-0.39, 0.29) is 12.0 Å². The number of nitrogens with zero attached hydrogens (tertiary/aromatic N) is 3. The second-order valence-corrected chi connectivity index (χ2v) is 4.05. The van der Waals surface area contributed by atoms with E-state index in [1.54, 1.807) is 0 Å². The maximum absolute atomic E-state index is 4.97. The molecule has 0 radical (unpaired) electrons. The van der Waals surface area contributed by atoms with Gasteiger partial charge in [0.15, 0.2) is 0 Å². The third-order valence-corrected chi connectivity index (χ3v) is 2.67. The zero-order chi connectivity index (χ0) is 11.5. The molecule has 2 rings (SSSR count). The van der Waals surface area contributed by atoms with Crippen LogP contribution in [-0.4, -0.2) is 35.2 Å². The van der Waals surface area contributed by atoms with Crippen molar-refractivity contribution in [2.75, 3.05) is 19.5 Å². The van der Waals surface area contributed by atoms with Gasteiger partial charge in [-0.15, -0.1) is 4.98 Å². The molecule has 0 aromatic carbocycles. The van der Waals surface area contributed by atoms with Crippen molar-refractivity contribution in [3.63, 3.8) is 0 Å². The molecule has 0 amide bonds. The molecule has 1 fully saturated rings. The second-order valence-electron chi connectivity index (χ2n) is 4.05. The average molecular weight is 224 g/mol. The lowest BCUT2D eigenvalue weighted by Crippen LogP contribution is -2.34. The predicted molar refractivity (Wildman–Crippen MR) is 58.7 cm³/mol. The Morgan fingerprint density at radius 1 is 1.06 bits per heavy atom. The van der Waals surface area contributed by atoms with Crippen molar-refractivity contribution in [3.8, 4) is 12.0 Å². The molecule has 6 heteroatoms. The molecule has 88 valence electrons. The van der Waals surface area contributed by atoms with E-state index >= 15 is 0 Å². The summed E-state index contributed by atoms with van der Waals surface area (Å²) in [6.07, 6.45) is 2.30. The summed E-state index contributed by atoms with van der Waals surface area (Å²) in [4.78, 5) is 12.2. The lowest BCUT2D eigenvalue weighted by Gasteiger charge is -2.33. The molecule has 1 N–H and O–H groups in total. The van der Waals surface area contributed by atoms with E-state index in [1.807, 2.05) is 0 Å². The standard InChI is InChI=1S/C10H16N4O2/c1-6-4-7(5-6)11-8-12-9(15-2)14-10(13-8)16-3/h6-7H,4-5H2,1-3H3,(H,11,12,13,14). The van der Waals surface area contributed by atoms with Crippen molar-refractivity contribution in [3.05, 3.63) is 0 Å². The smallest absolute Gasteiger partial charge is 0.324 e. The maximum atomic E-state index is 4.97. The highest BCUT2D eigenvalue weighted by atomic mass is 16.5. The first-order chi connectivity index (χ1) is 7.71. The molecule has 1 aliphatic carbocycles. The van der Waals surface area contributed by atoms with Crippen LogP contribution in [0, 0.1) is 5.92 Å². The van der Waals surface area contributed by atoms with Gasteiger partial charge >= 0.3 is 12.0 Å². The fourth-order valence-corrected chi connectivity index (χ4v) is 1.79. The molecule has 6 nitrogen and oxygen atoms in total. The van der Waals surface area contributed by atoms with Crippen LogP contribution in [0.5, 0.6) is 12.0 Å². The van der Waals surface area contributed by atoms with Crippen molar-refractivity contribution >= 4 is 5.95 Å². The quantitative estimate of drug-likeness (QED) is 0.825. The molecule has 0 unspecified atom stereocenters. The molecule has 0 aliphatic heterocycles. The average Bonchev–Trinajstić information content (AvgIpc) is 2.26. The molecule has 0 saturated heterocycles. The van der Waals surface area contributed by atoms with Gasteiger partial charge in [-0.3, -0.25) is 0 Å².